The van der Waals surface area contributed by atoms with Crippen LogP contribution in [0.5, 0.6) is 0 Å². The molecule has 1 fully saturated rings. The summed E-state index contributed by atoms with van der Waals surface area (Å²) in [6, 6.07) is 4.03. The average molecular weight is 275 g/mol. The zero-order valence-corrected chi connectivity index (χ0v) is 12.5. The van der Waals surface area contributed by atoms with E-state index in [2.05, 4.69) is 29.5 Å². The minimum Gasteiger partial charge on any atom is -0.370 e. The van der Waals surface area contributed by atoms with Gasteiger partial charge in [-0.1, -0.05) is 26.7 Å². The molecule has 1 aromatic rings. The summed E-state index contributed by atoms with van der Waals surface area (Å²) in [6.07, 6.45) is 7.52. The van der Waals surface area contributed by atoms with Crippen LogP contribution in [-0.4, -0.2) is 23.5 Å². The molecule has 0 saturated heterocycles. The summed E-state index contributed by atoms with van der Waals surface area (Å²) in [5.41, 5.74) is 0.643. The molecule has 0 aromatic carbocycles. The van der Waals surface area contributed by atoms with Crippen molar-refractivity contribution in [3.05, 3.63) is 23.9 Å². The molecule has 4 heteroatoms. The van der Waals surface area contributed by atoms with Crippen molar-refractivity contribution in [2.75, 3.05) is 11.9 Å². The van der Waals surface area contributed by atoms with Crippen LogP contribution in [0.1, 0.15) is 56.3 Å². The van der Waals surface area contributed by atoms with Gasteiger partial charge in [0.15, 0.2) is 0 Å². The molecular weight excluding hydrogens is 250 g/mol. The van der Waals surface area contributed by atoms with Gasteiger partial charge < -0.3 is 10.6 Å². The molecule has 1 aliphatic carbocycles. The van der Waals surface area contributed by atoms with Gasteiger partial charge in [0, 0.05) is 18.8 Å². The molecule has 1 aromatic heterocycles. The maximum Gasteiger partial charge on any atom is 0.253 e. The Kier molecular flexibility index (Phi) is 5.39. The molecule has 2 atom stereocenters. The quantitative estimate of drug-likeness (QED) is 0.867. The topological polar surface area (TPSA) is 54.0 Å². The van der Waals surface area contributed by atoms with Crippen LogP contribution in [0, 0.1) is 5.92 Å². The van der Waals surface area contributed by atoms with Crippen molar-refractivity contribution >= 4 is 11.7 Å². The number of anilines is 1. The highest BCUT2D eigenvalue weighted by Gasteiger charge is 2.23. The van der Waals surface area contributed by atoms with Crippen LogP contribution in [0.15, 0.2) is 18.3 Å². The number of carbonyl (C=O) groups is 1. The lowest BCUT2D eigenvalue weighted by Crippen LogP contribution is -2.41. The van der Waals surface area contributed by atoms with Gasteiger partial charge in [-0.05, 0) is 37.3 Å². The number of hydrogen-bond donors (Lipinski definition) is 2. The van der Waals surface area contributed by atoms with Gasteiger partial charge in [0.2, 0.25) is 0 Å². The fourth-order valence-corrected chi connectivity index (χ4v) is 2.67. The predicted octanol–water partition coefficient (Wildman–Crippen LogP) is 3.21. The van der Waals surface area contributed by atoms with Crippen LogP contribution in [0.2, 0.25) is 0 Å². The summed E-state index contributed by atoms with van der Waals surface area (Å²) in [7, 11) is 0. The lowest BCUT2D eigenvalue weighted by molar-refractivity contribution is 0.0910. The third-order valence-electron chi connectivity index (χ3n) is 4.01. The number of pyridine rings is 1. The largest absolute Gasteiger partial charge is 0.370 e. The monoisotopic (exact) mass is 275 g/mol. The molecule has 0 aliphatic heterocycles. The molecule has 1 saturated carbocycles. The molecule has 0 radical (unpaired) electrons. The lowest BCUT2D eigenvalue weighted by atomic mass is 9.86. The molecule has 20 heavy (non-hydrogen) atoms. The Morgan fingerprint density at radius 1 is 1.35 bits per heavy atom. The van der Waals surface area contributed by atoms with Crippen molar-refractivity contribution in [1.29, 1.82) is 0 Å². The summed E-state index contributed by atoms with van der Waals surface area (Å²) < 4.78 is 0. The van der Waals surface area contributed by atoms with Crippen molar-refractivity contribution in [1.82, 2.24) is 10.3 Å². The first-order valence-electron chi connectivity index (χ1n) is 7.71. The molecule has 2 rings (SSSR count). The molecule has 4 nitrogen and oxygen atoms in total. The Morgan fingerprint density at radius 3 is 2.80 bits per heavy atom. The van der Waals surface area contributed by atoms with Crippen molar-refractivity contribution in [3.63, 3.8) is 0 Å². The van der Waals surface area contributed by atoms with Gasteiger partial charge in [-0.15, -0.1) is 0 Å². The second-order valence-electron chi connectivity index (χ2n) is 5.70. The van der Waals surface area contributed by atoms with E-state index in [1.165, 1.54) is 19.3 Å². The zero-order chi connectivity index (χ0) is 14.4. The minimum atomic E-state index is -0.00158. The van der Waals surface area contributed by atoms with Crippen molar-refractivity contribution < 1.29 is 4.79 Å². The van der Waals surface area contributed by atoms with E-state index < -0.39 is 0 Å². The first-order chi connectivity index (χ1) is 9.70. The third kappa shape index (κ3) is 3.95. The molecule has 0 spiro atoms. The second kappa shape index (κ2) is 7.27. The average Bonchev–Trinajstić information content (AvgIpc) is 2.48. The van der Waals surface area contributed by atoms with Crippen molar-refractivity contribution in [2.45, 2.75) is 52.0 Å². The number of aromatic nitrogens is 1. The first kappa shape index (κ1) is 14.8. The lowest BCUT2D eigenvalue weighted by Gasteiger charge is -2.29. The number of amides is 1. The molecule has 2 N–H and O–H groups in total. The number of nitrogens with zero attached hydrogens (tertiary/aromatic N) is 1. The molecule has 1 amide bonds. The Balaban J connectivity index is 1.91. The summed E-state index contributed by atoms with van der Waals surface area (Å²) in [4.78, 5) is 16.5. The second-order valence-corrected chi connectivity index (χ2v) is 5.70. The van der Waals surface area contributed by atoms with Crippen LogP contribution in [-0.2, 0) is 0 Å². The standard InChI is InChI=1S/C16H25N3O/c1-3-10-17-15-9-8-13(11-18-15)16(20)19-14-7-5-4-6-12(14)2/h8-9,11-12,14H,3-7,10H2,1-2H3,(H,17,18)(H,19,20). The van der Waals surface area contributed by atoms with Gasteiger partial charge in [-0.2, -0.15) is 0 Å². The molecule has 110 valence electrons. The smallest absolute Gasteiger partial charge is 0.253 e. The first-order valence-corrected chi connectivity index (χ1v) is 7.71. The van der Waals surface area contributed by atoms with Gasteiger partial charge in [-0.3, -0.25) is 4.79 Å². The summed E-state index contributed by atoms with van der Waals surface area (Å²) in [5, 5.41) is 6.35. The Hall–Kier alpha value is -1.58. The van der Waals surface area contributed by atoms with Crippen LogP contribution in [0.3, 0.4) is 0 Å². The highest BCUT2D eigenvalue weighted by molar-refractivity contribution is 5.94. The van der Waals surface area contributed by atoms with E-state index in [1.54, 1.807) is 6.20 Å². The predicted molar refractivity (Wildman–Crippen MR) is 81.9 cm³/mol. The Labute approximate surface area is 121 Å². The van der Waals surface area contributed by atoms with E-state index in [1.807, 2.05) is 12.1 Å². The van der Waals surface area contributed by atoms with Crippen LogP contribution < -0.4 is 10.6 Å². The molecular formula is C16H25N3O. The Morgan fingerprint density at radius 2 is 2.15 bits per heavy atom. The summed E-state index contributed by atoms with van der Waals surface area (Å²) in [6.45, 7) is 5.23. The number of nitrogens with one attached hydrogen (secondary N) is 2. The van der Waals surface area contributed by atoms with Gasteiger partial charge in [0.05, 0.1) is 5.56 Å². The Bertz CT molecular complexity index is 430. The zero-order valence-electron chi connectivity index (χ0n) is 12.5. The van der Waals surface area contributed by atoms with E-state index in [0.29, 0.717) is 17.5 Å². The van der Waals surface area contributed by atoms with Gasteiger partial charge in [-0.25, -0.2) is 4.98 Å². The van der Waals surface area contributed by atoms with E-state index >= 15 is 0 Å². The van der Waals surface area contributed by atoms with Crippen LogP contribution in [0.25, 0.3) is 0 Å². The number of carbonyl (C=O) groups excluding carboxylic acids is 1. The van der Waals surface area contributed by atoms with Crippen molar-refractivity contribution in [2.24, 2.45) is 5.92 Å². The number of hydrogen-bond acceptors (Lipinski definition) is 3. The third-order valence-corrected chi connectivity index (χ3v) is 4.01. The van der Waals surface area contributed by atoms with Crippen LogP contribution in [0.4, 0.5) is 5.82 Å². The minimum absolute atomic E-state index is 0.00158. The maximum absolute atomic E-state index is 12.2. The summed E-state index contributed by atoms with van der Waals surface area (Å²) >= 11 is 0. The van der Waals surface area contributed by atoms with E-state index in [9.17, 15) is 4.79 Å². The molecule has 1 aliphatic rings. The molecule has 2 unspecified atom stereocenters. The van der Waals surface area contributed by atoms with Crippen LogP contribution >= 0.6 is 0 Å². The summed E-state index contributed by atoms with van der Waals surface area (Å²) in [5.74, 6) is 1.40. The molecule has 1 heterocycles. The van der Waals surface area contributed by atoms with Crippen molar-refractivity contribution in [3.8, 4) is 0 Å². The highest BCUT2D eigenvalue weighted by atomic mass is 16.1. The maximum atomic E-state index is 12.2. The number of rotatable bonds is 5. The van der Waals surface area contributed by atoms with E-state index in [-0.39, 0.29) is 5.91 Å². The normalized spacial score (nSPS) is 22.3. The SMILES string of the molecule is CCCNc1ccc(C(=O)NC2CCCCC2C)cn1. The van der Waals surface area contributed by atoms with Gasteiger partial charge >= 0.3 is 0 Å². The highest BCUT2D eigenvalue weighted by Crippen LogP contribution is 2.24. The van der Waals surface area contributed by atoms with E-state index in [0.717, 1.165) is 25.2 Å². The fourth-order valence-electron chi connectivity index (χ4n) is 2.67. The fraction of sp³-hybridized carbons (Fsp3) is 0.625. The molecule has 0 bridgehead atoms. The van der Waals surface area contributed by atoms with Gasteiger partial charge in [0.25, 0.3) is 5.91 Å². The van der Waals surface area contributed by atoms with Gasteiger partial charge in [0.1, 0.15) is 5.82 Å². The van der Waals surface area contributed by atoms with E-state index in [4.69, 9.17) is 0 Å².